The second-order valence-electron chi connectivity index (χ2n) is 4.53. The molecular weight excluding hydrogens is 230 g/mol. The molecule has 0 saturated heterocycles. The number of nitrogens with two attached hydrogens (primary N) is 2. The lowest BCUT2D eigenvalue weighted by atomic mass is 10.0. The molecule has 1 aromatic rings. The number of carbonyl (C=O) groups excluding carboxylic acids is 2. The molecule has 0 aliphatic rings. The van der Waals surface area contributed by atoms with Crippen LogP contribution in [0.3, 0.4) is 0 Å². The number of hydrogen-bond donors (Lipinski definition) is 3. The Hall–Kier alpha value is -1.88. The van der Waals surface area contributed by atoms with E-state index in [-0.39, 0.29) is 17.9 Å². The Bertz CT molecular complexity index is 469. The number of nitrogens with one attached hydrogen (secondary N) is 1. The van der Waals surface area contributed by atoms with Crippen molar-refractivity contribution in [1.29, 1.82) is 0 Å². The van der Waals surface area contributed by atoms with Gasteiger partial charge in [-0.3, -0.25) is 9.59 Å². The Morgan fingerprint density at radius 3 is 2.33 bits per heavy atom. The third-order valence-electron chi connectivity index (χ3n) is 2.96. The van der Waals surface area contributed by atoms with Gasteiger partial charge < -0.3 is 16.8 Å². The van der Waals surface area contributed by atoms with Gasteiger partial charge in [-0.1, -0.05) is 6.92 Å². The number of primary amides is 1. The van der Waals surface area contributed by atoms with Crippen LogP contribution in [-0.4, -0.2) is 17.9 Å². The highest BCUT2D eigenvalue weighted by atomic mass is 16.2. The molecule has 1 aromatic carbocycles. The van der Waals surface area contributed by atoms with Gasteiger partial charge >= 0.3 is 0 Å². The summed E-state index contributed by atoms with van der Waals surface area (Å²) < 4.78 is 0. The van der Waals surface area contributed by atoms with Crippen LogP contribution in [0.2, 0.25) is 0 Å². The van der Waals surface area contributed by atoms with E-state index in [0.29, 0.717) is 11.3 Å². The fourth-order valence-corrected chi connectivity index (χ4v) is 1.51. The minimum atomic E-state index is -0.477. The molecule has 0 spiro atoms. The van der Waals surface area contributed by atoms with Crippen LogP contribution in [0.4, 0.5) is 5.69 Å². The summed E-state index contributed by atoms with van der Waals surface area (Å²) in [5.74, 6) is -0.897. The molecule has 0 heterocycles. The van der Waals surface area contributed by atoms with Crippen LogP contribution in [0, 0.1) is 12.8 Å². The van der Waals surface area contributed by atoms with Crippen molar-refractivity contribution in [3.63, 3.8) is 0 Å². The summed E-state index contributed by atoms with van der Waals surface area (Å²) in [7, 11) is 0. The third-order valence-corrected chi connectivity index (χ3v) is 2.96. The Balaban J connectivity index is 2.84. The number of carbonyl (C=O) groups is 2. The lowest BCUT2D eigenvalue weighted by Gasteiger charge is -2.15. The summed E-state index contributed by atoms with van der Waals surface area (Å²) >= 11 is 0. The number of amides is 2. The molecule has 0 fully saturated rings. The average Bonchev–Trinajstić information content (AvgIpc) is 2.27. The van der Waals surface area contributed by atoms with Crippen molar-refractivity contribution < 1.29 is 9.59 Å². The number of anilines is 1. The van der Waals surface area contributed by atoms with Gasteiger partial charge in [0.05, 0.1) is 5.92 Å². The summed E-state index contributed by atoms with van der Waals surface area (Å²) in [5, 5.41) is 2.76. The van der Waals surface area contributed by atoms with Gasteiger partial charge in [-0.15, -0.1) is 0 Å². The SMILES string of the molecule is Cc1cc(NC(=O)C(C)C(C)N)ccc1C(N)=O. The molecule has 0 radical (unpaired) electrons. The minimum Gasteiger partial charge on any atom is -0.366 e. The van der Waals surface area contributed by atoms with E-state index in [9.17, 15) is 9.59 Å². The molecule has 0 bridgehead atoms. The van der Waals surface area contributed by atoms with Crippen LogP contribution in [0.15, 0.2) is 18.2 Å². The molecule has 2 unspecified atom stereocenters. The van der Waals surface area contributed by atoms with Crippen LogP contribution in [0.5, 0.6) is 0 Å². The van der Waals surface area contributed by atoms with Crippen LogP contribution >= 0.6 is 0 Å². The smallest absolute Gasteiger partial charge is 0.248 e. The standard InChI is InChI=1S/C13H19N3O2/c1-7-6-10(4-5-11(7)12(15)17)16-13(18)8(2)9(3)14/h4-6,8-9H,14H2,1-3H3,(H2,15,17)(H,16,18). The largest absolute Gasteiger partial charge is 0.366 e. The first-order valence-electron chi connectivity index (χ1n) is 5.79. The fraction of sp³-hybridized carbons (Fsp3) is 0.385. The molecule has 5 nitrogen and oxygen atoms in total. The number of benzene rings is 1. The van der Waals surface area contributed by atoms with Crippen LogP contribution < -0.4 is 16.8 Å². The van der Waals surface area contributed by atoms with Gasteiger partial charge in [-0.05, 0) is 37.6 Å². The van der Waals surface area contributed by atoms with E-state index in [1.54, 1.807) is 39.0 Å². The Morgan fingerprint density at radius 2 is 1.89 bits per heavy atom. The van der Waals surface area contributed by atoms with Gasteiger partial charge in [0.1, 0.15) is 0 Å². The lowest BCUT2D eigenvalue weighted by Crippen LogP contribution is -2.34. The second kappa shape index (κ2) is 5.64. The first-order chi connectivity index (χ1) is 8.32. The van der Waals surface area contributed by atoms with E-state index in [4.69, 9.17) is 11.5 Å². The van der Waals surface area contributed by atoms with Crippen molar-refractivity contribution in [2.45, 2.75) is 26.8 Å². The van der Waals surface area contributed by atoms with Gasteiger partial charge in [0.15, 0.2) is 0 Å². The average molecular weight is 249 g/mol. The highest BCUT2D eigenvalue weighted by molar-refractivity contribution is 5.96. The van der Waals surface area contributed by atoms with Gasteiger partial charge in [0.25, 0.3) is 0 Å². The molecule has 5 N–H and O–H groups in total. The topological polar surface area (TPSA) is 98.2 Å². The summed E-state index contributed by atoms with van der Waals surface area (Å²) in [4.78, 5) is 22.9. The quantitative estimate of drug-likeness (QED) is 0.742. The Morgan fingerprint density at radius 1 is 1.28 bits per heavy atom. The van der Waals surface area contributed by atoms with Crippen molar-refractivity contribution in [3.05, 3.63) is 29.3 Å². The predicted octanol–water partition coefficient (Wildman–Crippen LogP) is 1.02. The molecule has 2 atom stereocenters. The molecular formula is C13H19N3O2. The Labute approximate surface area is 107 Å². The van der Waals surface area contributed by atoms with Gasteiger partial charge in [0, 0.05) is 17.3 Å². The maximum atomic E-state index is 11.8. The van der Waals surface area contributed by atoms with E-state index < -0.39 is 5.91 Å². The van der Waals surface area contributed by atoms with E-state index in [0.717, 1.165) is 5.56 Å². The van der Waals surface area contributed by atoms with Gasteiger partial charge in [0.2, 0.25) is 11.8 Å². The molecule has 0 aromatic heterocycles. The maximum absolute atomic E-state index is 11.8. The summed E-state index contributed by atoms with van der Waals surface area (Å²) in [6.07, 6.45) is 0. The lowest BCUT2D eigenvalue weighted by molar-refractivity contribution is -0.119. The van der Waals surface area contributed by atoms with Gasteiger partial charge in [-0.2, -0.15) is 0 Å². The molecule has 0 saturated carbocycles. The summed E-state index contributed by atoms with van der Waals surface area (Å²) in [6.45, 7) is 5.32. The zero-order valence-electron chi connectivity index (χ0n) is 10.9. The fourth-order valence-electron chi connectivity index (χ4n) is 1.51. The van der Waals surface area contributed by atoms with E-state index in [1.807, 2.05) is 0 Å². The molecule has 1 rings (SSSR count). The van der Waals surface area contributed by atoms with Crippen LogP contribution in [0.25, 0.3) is 0 Å². The first-order valence-corrected chi connectivity index (χ1v) is 5.79. The third kappa shape index (κ3) is 3.30. The molecule has 0 aliphatic carbocycles. The Kier molecular flexibility index (Phi) is 4.44. The van der Waals surface area contributed by atoms with Crippen molar-refractivity contribution >= 4 is 17.5 Å². The number of aryl methyl sites for hydroxylation is 1. The van der Waals surface area contributed by atoms with E-state index in [1.165, 1.54) is 0 Å². The van der Waals surface area contributed by atoms with Crippen molar-refractivity contribution in [2.24, 2.45) is 17.4 Å². The van der Waals surface area contributed by atoms with Gasteiger partial charge in [-0.25, -0.2) is 0 Å². The predicted molar refractivity (Wildman–Crippen MR) is 71.1 cm³/mol. The van der Waals surface area contributed by atoms with Crippen molar-refractivity contribution in [3.8, 4) is 0 Å². The molecule has 0 aliphatic heterocycles. The number of hydrogen-bond acceptors (Lipinski definition) is 3. The maximum Gasteiger partial charge on any atom is 0.248 e. The van der Waals surface area contributed by atoms with Crippen molar-refractivity contribution in [1.82, 2.24) is 0 Å². The summed E-state index contributed by atoms with van der Waals surface area (Å²) in [5.41, 5.74) is 12.7. The number of rotatable bonds is 4. The molecule has 5 heteroatoms. The van der Waals surface area contributed by atoms with Crippen molar-refractivity contribution in [2.75, 3.05) is 5.32 Å². The zero-order valence-corrected chi connectivity index (χ0v) is 10.9. The summed E-state index contributed by atoms with van der Waals surface area (Å²) in [6, 6.07) is 4.75. The highest BCUT2D eigenvalue weighted by Crippen LogP contribution is 2.16. The van der Waals surface area contributed by atoms with E-state index >= 15 is 0 Å². The highest BCUT2D eigenvalue weighted by Gasteiger charge is 2.17. The minimum absolute atomic E-state index is 0.142. The molecule has 18 heavy (non-hydrogen) atoms. The monoisotopic (exact) mass is 249 g/mol. The van der Waals surface area contributed by atoms with E-state index in [2.05, 4.69) is 5.32 Å². The normalized spacial score (nSPS) is 13.8. The second-order valence-corrected chi connectivity index (χ2v) is 4.53. The molecule has 98 valence electrons. The van der Waals surface area contributed by atoms with Crippen LogP contribution in [0.1, 0.15) is 29.8 Å². The zero-order chi connectivity index (χ0) is 13.9. The molecule has 2 amide bonds. The first kappa shape index (κ1) is 14.2. The van der Waals surface area contributed by atoms with Crippen LogP contribution in [-0.2, 0) is 4.79 Å².